The molecule has 7 heteroatoms. The van der Waals surface area contributed by atoms with Crippen LogP contribution in [0.3, 0.4) is 0 Å². The van der Waals surface area contributed by atoms with Crippen molar-refractivity contribution in [1.29, 1.82) is 0 Å². The minimum absolute atomic E-state index is 0.118. The lowest BCUT2D eigenvalue weighted by molar-refractivity contribution is -0.384. The second kappa shape index (κ2) is 5.59. The number of nitro benzene ring substituents is 1. The maximum atomic E-state index is 11.4. The summed E-state index contributed by atoms with van der Waals surface area (Å²) >= 11 is 0. The van der Waals surface area contributed by atoms with Crippen molar-refractivity contribution in [3.05, 3.63) is 39.9 Å². The van der Waals surface area contributed by atoms with E-state index in [1.807, 2.05) is 0 Å². The van der Waals surface area contributed by atoms with Crippen LogP contribution in [-0.2, 0) is 9.53 Å². The van der Waals surface area contributed by atoms with Crippen LogP contribution in [0.4, 0.5) is 5.69 Å². The van der Waals surface area contributed by atoms with Crippen LogP contribution in [0.1, 0.15) is 12.5 Å². The van der Waals surface area contributed by atoms with Crippen LogP contribution in [0.25, 0.3) is 0 Å². The minimum Gasteiger partial charge on any atom is -0.461 e. The van der Waals surface area contributed by atoms with Gasteiger partial charge in [0.15, 0.2) is 5.71 Å². The fourth-order valence-electron chi connectivity index (χ4n) is 1.18. The van der Waals surface area contributed by atoms with E-state index in [4.69, 9.17) is 5.21 Å². The Morgan fingerprint density at radius 1 is 1.59 bits per heavy atom. The molecule has 1 aromatic carbocycles. The molecule has 17 heavy (non-hydrogen) atoms. The largest absolute Gasteiger partial charge is 0.461 e. The van der Waals surface area contributed by atoms with E-state index < -0.39 is 10.9 Å². The number of oxime groups is 1. The third-order valence-electron chi connectivity index (χ3n) is 1.90. The summed E-state index contributed by atoms with van der Waals surface area (Å²) in [6.07, 6.45) is 0. The van der Waals surface area contributed by atoms with Gasteiger partial charge in [0.2, 0.25) is 0 Å². The molecular formula is C10H10N2O5. The molecule has 90 valence electrons. The number of esters is 1. The number of carbonyl (C=O) groups excluding carboxylic acids is 1. The molecular weight excluding hydrogens is 228 g/mol. The van der Waals surface area contributed by atoms with Gasteiger partial charge < -0.3 is 9.94 Å². The van der Waals surface area contributed by atoms with Crippen LogP contribution in [0.2, 0.25) is 0 Å². The predicted octanol–water partition coefficient (Wildman–Crippen LogP) is 1.34. The first-order valence-electron chi connectivity index (χ1n) is 4.74. The van der Waals surface area contributed by atoms with Gasteiger partial charge in [-0.15, -0.1) is 0 Å². The topological polar surface area (TPSA) is 102 Å². The van der Waals surface area contributed by atoms with E-state index in [-0.39, 0.29) is 23.6 Å². The van der Waals surface area contributed by atoms with Crippen molar-refractivity contribution >= 4 is 17.4 Å². The van der Waals surface area contributed by atoms with Crippen LogP contribution in [0.15, 0.2) is 29.4 Å². The summed E-state index contributed by atoms with van der Waals surface area (Å²) in [5.74, 6) is -0.838. The number of benzene rings is 1. The van der Waals surface area contributed by atoms with Gasteiger partial charge in [0.1, 0.15) is 0 Å². The van der Waals surface area contributed by atoms with Crippen LogP contribution in [0, 0.1) is 10.1 Å². The zero-order valence-electron chi connectivity index (χ0n) is 8.99. The molecule has 0 aliphatic heterocycles. The van der Waals surface area contributed by atoms with E-state index in [9.17, 15) is 14.9 Å². The first-order valence-corrected chi connectivity index (χ1v) is 4.74. The molecule has 0 bridgehead atoms. The summed E-state index contributed by atoms with van der Waals surface area (Å²) in [4.78, 5) is 21.3. The Morgan fingerprint density at radius 3 is 2.82 bits per heavy atom. The molecule has 1 aromatic rings. The molecule has 0 radical (unpaired) electrons. The minimum atomic E-state index is -0.838. The Hall–Kier alpha value is -2.44. The zero-order valence-corrected chi connectivity index (χ0v) is 8.99. The number of nitro groups is 1. The van der Waals surface area contributed by atoms with Crippen molar-refractivity contribution in [1.82, 2.24) is 0 Å². The average molecular weight is 238 g/mol. The van der Waals surface area contributed by atoms with Gasteiger partial charge in [0.25, 0.3) is 5.69 Å². The molecule has 0 saturated heterocycles. The molecule has 0 fully saturated rings. The molecule has 0 atom stereocenters. The standard InChI is InChI=1S/C10H10N2O5/c1-2-17-10(13)9(11-14)7-4-3-5-8(6-7)12(15)16/h3-6,14H,2H2,1H3. The molecule has 0 unspecified atom stereocenters. The fraction of sp³-hybridized carbons (Fsp3) is 0.200. The summed E-state index contributed by atoms with van der Waals surface area (Å²) in [6, 6.07) is 5.20. The molecule has 0 amide bonds. The maximum absolute atomic E-state index is 11.4. The highest BCUT2D eigenvalue weighted by molar-refractivity contribution is 6.43. The second-order valence-electron chi connectivity index (χ2n) is 2.98. The zero-order chi connectivity index (χ0) is 12.8. The van der Waals surface area contributed by atoms with Crippen molar-refractivity contribution in [2.45, 2.75) is 6.92 Å². The average Bonchev–Trinajstić information content (AvgIpc) is 2.30. The van der Waals surface area contributed by atoms with Crippen LogP contribution in [-0.4, -0.2) is 28.4 Å². The third kappa shape index (κ3) is 3.00. The molecule has 7 nitrogen and oxygen atoms in total. The second-order valence-corrected chi connectivity index (χ2v) is 2.98. The lowest BCUT2D eigenvalue weighted by Gasteiger charge is -2.03. The Balaban J connectivity index is 3.09. The number of nitrogens with zero attached hydrogens (tertiary/aromatic N) is 2. The smallest absolute Gasteiger partial charge is 0.361 e. The van der Waals surface area contributed by atoms with Gasteiger partial charge in [-0.2, -0.15) is 0 Å². The normalized spacial score (nSPS) is 11.0. The highest BCUT2D eigenvalue weighted by Crippen LogP contribution is 2.14. The summed E-state index contributed by atoms with van der Waals surface area (Å²) < 4.78 is 4.65. The van der Waals surface area contributed by atoms with Crippen molar-refractivity contribution in [2.75, 3.05) is 6.61 Å². The number of non-ortho nitro benzene ring substituents is 1. The van der Waals surface area contributed by atoms with Crippen molar-refractivity contribution in [3.8, 4) is 0 Å². The van der Waals surface area contributed by atoms with Gasteiger partial charge in [-0.1, -0.05) is 17.3 Å². The molecule has 0 heterocycles. The number of ether oxygens (including phenoxy) is 1. The SMILES string of the molecule is CCOC(=O)C(=NO)c1cccc([N+](=O)[O-])c1. The lowest BCUT2D eigenvalue weighted by atomic mass is 10.1. The molecule has 0 aromatic heterocycles. The molecule has 0 aliphatic carbocycles. The summed E-state index contributed by atoms with van der Waals surface area (Å²) in [7, 11) is 0. The van der Waals surface area contributed by atoms with Gasteiger partial charge in [-0.3, -0.25) is 10.1 Å². The van der Waals surface area contributed by atoms with Gasteiger partial charge in [-0.05, 0) is 6.92 Å². The molecule has 0 spiro atoms. The predicted molar refractivity (Wildman–Crippen MR) is 58.1 cm³/mol. The number of carbonyl (C=O) groups is 1. The Bertz CT molecular complexity index is 470. The van der Waals surface area contributed by atoms with Crippen LogP contribution >= 0.6 is 0 Å². The highest BCUT2D eigenvalue weighted by atomic mass is 16.6. The van der Waals surface area contributed by atoms with E-state index >= 15 is 0 Å². The molecule has 1 rings (SSSR count). The van der Waals surface area contributed by atoms with E-state index in [0.717, 1.165) is 6.07 Å². The fourth-order valence-corrected chi connectivity index (χ4v) is 1.18. The quantitative estimate of drug-likeness (QED) is 0.280. The summed E-state index contributed by atoms with van der Waals surface area (Å²) in [6.45, 7) is 1.72. The Kier molecular flexibility index (Phi) is 4.15. The van der Waals surface area contributed by atoms with Gasteiger partial charge >= 0.3 is 5.97 Å². The monoisotopic (exact) mass is 238 g/mol. The highest BCUT2D eigenvalue weighted by Gasteiger charge is 2.18. The number of rotatable bonds is 4. The summed E-state index contributed by atoms with van der Waals surface area (Å²) in [5, 5.41) is 22.1. The Labute approximate surface area is 96.5 Å². The Morgan fingerprint density at radius 2 is 2.29 bits per heavy atom. The molecule has 0 saturated carbocycles. The van der Waals surface area contributed by atoms with Gasteiger partial charge in [-0.25, -0.2) is 4.79 Å². The van der Waals surface area contributed by atoms with Crippen molar-refractivity contribution in [3.63, 3.8) is 0 Å². The first kappa shape index (κ1) is 12.6. The van der Waals surface area contributed by atoms with Crippen molar-refractivity contribution < 1.29 is 19.7 Å². The molecule has 0 aliphatic rings. The maximum Gasteiger partial charge on any atom is 0.361 e. The van der Waals surface area contributed by atoms with Gasteiger partial charge in [0, 0.05) is 17.7 Å². The van der Waals surface area contributed by atoms with E-state index in [1.54, 1.807) is 6.92 Å². The lowest BCUT2D eigenvalue weighted by Crippen LogP contribution is -2.18. The first-order chi connectivity index (χ1) is 8.10. The number of hydrogen-bond donors (Lipinski definition) is 1. The van der Waals surface area contributed by atoms with Crippen LogP contribution in [0.5, 0.6) is 0 Å². The van der Waals surface area contributed by atoms with Crippen LogP contribution < -0.4 is 0 Å². The van der Waals surface area contributed by atoms with Gasteiger partial charge in [0.05, 0.1) is 11.5 Å². The number of hydrogen-bond acceptors (Lipinski definition) is 6. The third-order valence-corrected chi connectivity index (χ3v) is 1.90. The van der Waals surface area contributed by atoms with E-state index in [0.29, 0.717) is 0 Å². The summed E-state index contributed by atoms with van der Waals surface area (Å²) in [5.41, 5.74) is -0.441. The van der Waals surface area contributed by atoms with E-state index in [2.05, 4.69) is 9.89 Å². The van der Waals surface area contributed by atoms with E-state index in [1.165, 1.54) is 18.2 Å². The molecule has 1 N–H and O–H groups in total. The van der Waals surface area contributed by atoms with Crippen molar-refractivity contribution in [2.24, 2.45) is 5.16 Å².